The maximum absolute atomic E-state index is 5.51. The van der Waals surface area contributed by atoms with Gasteiger partial charge in [0.15, 0.2) is 5.96 Å². The fourth-order valence-electron chi connectivity index (χ4n) is 1.98. The van der Waals surface area contributed by atoms with E-state index in [-0.39, 0.29) is 24.0 Å². The standard InChI is InChI=1S/C16H22N4O2.HI/c1-3-21-15-13(6-4-9-18-15)12-20-16(17-2)19-10-8-14-7-5-11-22-14;/h4-7,9,11H,3,8,10,12H2,1-2H3,(H2,17,19,20);1H. The lowest BCUT2D eigenvalue weighted by atomic mass is 10.2. The van der Waals surface area contributed by atoms with Gasteiger partial charge in [0.2, 0.25) is 5.88 Å². The molecule has 0 aromatic carbocycles. The summed E-state index contributed by atoms with van der Waals surface area (Å²) in [7, 11) is 1.74. The van der Waals surface area contributed by atoms with E-state index in [2.05, 4.69) is 20.6 Å². The van der Waals surface area contributed by atoms with Crippen LogP contribution in [0, 0.1) is 0 Å². The fourth-order valence-corrected chi connectivity index (χ4v) is 1.98. The van der Waals surface area contributed by atoms with Gasteiger partial charge in [-0.1, -0.05) is 6.07 Å². The number of aromatic nitrogens is 1. The van der Waals surface area contributed by atoms with Crippen molar-refractivity contribution in [1.82, 2.24) is 15.6 Å². The topological polar surface area (TPSA) is 71.7 Å². The van der Waals surface area contributed by atoms with Crippen molar-refractivity contribution < 1.29 is 9.15 Å². The van der Waals surface area contributed by atoms with Gasteiger partial charge >= 0.3 is 0 Å². The quantitative estimate of drug-likeness (QED) is 0.402. The Balaban J connectivity index is 0.00000264. The van der Waals surface area contributed by atoms with Gasteiger partial charge in [0, 0.05) is 38.3 Å². The fraction of sp³-hybridized carbons (Fsp3) is 0.375. The van der Waals surface area contributed by atoms with E-state index < -0.39 is 0 Å². The molecule has 2 N–H and O–H groups in total. The first kappa shape index (κ1) is 19.3. The zero-order valence-corrected chi connectivity index (χ0v) is 15.7. The Kier molecular flexibility index (Phi) is 9.11. The number of nitrogens with zero attached hydrogens (tertiary/aromatic N) is 2. The third-order valence-electron chi connectivity index (χ3n) is 3.04. The summed E-state index contributed by atoms with van der Waals surface area (Å²) in [6.45, 7) is 3.89. The van der Waals surface area contributed by atoms with E-state index in [1.165, 1.54) is 0 Å². The monoisotopic (exact) mass is 430 g/mol. The summed E-state index contributed by atoms with van der Waals surface area (Å²) < 4.78 is 10.8. The number of nitrogens with one attached hydrogen (secondary N) is 2. The van der Waals surface area contributed by atoms with Crippen molar-refractivity contribution in [2.24, 2.45) is 4.99 Å². The van der Waals surface area contributed by atoms with Crippen LogP contribution in [0.2, 0.25) is 0 Å². The molecule has 6 nitrogen and oxygen atoms in total. The molecule has 2 aromatic rings. The van der Waals surface area contributed by atoms with Gasteiger partial charge in [-0.15, -0.1) is 24.0 Å². The normalized spacial score (nSPS) is 10.8. The van der Waals surface area contributed by atoms with Crippen molar-refractivity contribution in [1.29, 1.82) is 0 Å². The molecule has 0 amide bonds. The summed E-state index contributed by atoms with van der Waals surface area (Å²) in [5, 5.41) is 6.50. The van der Waals surface area contributed by atoms with Crippen LogP contribution in [0.3, 0.4) is 0 Å². The highest BCUT2D eigenvalue weighted by molar-refractivity contribution is 14.0. The van der Waals surface area contributed by atoms with E-state index in [4.69, 9.17) is 9.15 Å². The van der Waals surface area contributed by atoms with Gasteiger partial charge in [0.05, 0.1) is 12.9 Å². The number of hydrogen-bond donors (Lipinski definition) is 2. The van der Waals surface area contributed by atoms with E-state index in [1.807, 2.05) is 31.2 Å². The first-order valence-corrected chi connectivity index (χ1v) is 7.37. The predicted octanol–water partition coefficient (Wildman–Crippen LogP) is 2.60. The molecule has 2 heterocycles. The van der Waals surface area contributed by atoms with Crippen molar-refractivity contribution in [2.45, 2.75) is 19.9 Å². The van der Waals surface area contributed by atoms with E-state index in [0.29, 0.717) is 19.0 Å². The van der Waals surface area contributed by atoms with Crippen LogP contribution in [0.4, 0.5) is 0 Å². The molecule has 126 valence electrons. The molecule has 0 aliphatic carbocycles. The highest BCUT2D eigenvalue weighted by Gasteiger charge is 2.05. The van der Waals surface area contributed by atoms with Crippen molar-refractivity contribution >= 4 is 29.9 Å². The van der Waals surface area contributed by atoms with Crippen molar-refractivity contribution in [3.63, 3.8) is 0 Å². The average molecular weight is 430 g/mol. The molecule has 0 unspecified atom stereocenters. The second-order valence-corrected chi connectivity index (χ2v) is 4.58. The Bertz CT molecular complexity index is 588. The summed E-state index contributed by atoms with van der Waals surface area (Å²) in [5.74, 6) is 2.34. The highest BCUT2D eigenvalue weighted by atomic mass is 127. The first-order valence-electron chi connectivity index (χ1n) is 7.37. The Labute approximate surface area is 153 Å². The van der Waals surface area contributed by atoms with Gasteiger partial charge in [0.1, 0.15) is 5.76 Å². The SMILES string of the molecule is CCOc1ncccc1CNC(=NC)NCCc1ccco1.I. The highest BCUT2D eigenvalue weighted by Crippen LogP contribution is 2.13. The number of guanidine groups is 1. The van der Waals surface area contributed by atoms with E-state index in [9.17, 15) is 0 Å². The molecule has 7 heteroatoms. The van der Waals surface area contributed by atoms with Gasteiger partial charge in [-0.05, 0) is 25.1 Å². The molecule has 0 saturated heterocycles. The Morgan fingerprint density at radius 2 is 2.17 bits per heavy atom. The number of hydrogen-bond acceptors (Lipinski definition) is 4. The predicted molar refractivity (Wildman–Crippen MR) is 101 cm³/mol. The Morgan fingerprint density at radius 1 is 1.30 bits per heavy atom. The zero-order valence-electron chi connectivity index (χ0n) is 13.4. The molecule has 23 heavy (non-hydrogen) atoms. The van der Waals surface area contributed by atoms with Gasteiger partial charge < -0.3 is 19.8 Å². The van der Waals surface area contributed by atoms with Crippen LogP contribution in [0.25, 0.3) is 0 Å². The Morgan fingerprint density at radius 3 is 2.87 bits per heavy atom. The van der Waals surface area contributed by atoms with Gasteiger partial charge in [-0.2, -0.15) is 0 Å². The number of furan rings is 1. The number of halogens is 1. The van der Waals surface area contributed by atoms with Crippen LogP contribution in [0.5, 0.6) is 5.88 Å². The van der Waals surface area contributed by atoms with Crippen molar-refractivity contribution in [3.8, 4) is 5.88 Å². The average Bonchev–Trinajstić information content (AvgIpc) is 3.05. The summed E-state index contributed by atoms with van der Waals surface area (Å²) in [4.78, 5) is 8.43. The third-order valence-corrected chi connectivity index (χ3v) is 3.04. The molecule has 0 saturated carbocycles. The zero-order chi connectivity index (χ0) is 15.6. The maximum Gasteiger partial charge on any atom is 0.218 e. The molecule has 2 rings (SSSR count). The minimum absolute atomic E-state index is 0. The van der Waals surface area contributed by atoms with Crippen molar-refractivity contribution in [3.05, 3.63) is 48.0 Å². The molecule has 0 bridgehead atoms. The lowest BCUT2D eigenvalue weighted by Crippen LogP contribution is -2.37. The van der Waals surface area contributed by atoms with Crippen LogP contribution in [-0.2, 0) is 13.0 Å². The molecular formula is C16H23IN4O2. The molecule has 0 atom stereocenters. The van der Waals surface area contributed by atoms with Gasteiger partial charge in [-0.3, -0.25) is 4.99 Å². The molecule has 0 radical (unpaired) electrons. The minimum Gasteiger partial charge on any atom is -0.478 e. The van der Waals surface area contributed by atoms with Gasteiger partial charge in [-0.25, -0.2) is 4.98 Å². The summed E-state index contributed by atoms with van der Waals surface area (Å²) in [6.07, 6.45) is 4.22. The first-order chi connectivity index (χ1) is 10.8. The van der Waals surface area contributed by atoms with E-state index in [1.54, 1.807) is 19.5 Å². The second-order valence-electron chi connectivity index (χ2n) is 4.58. The smallest absolute Gasteiger partial charge is 0.218 e. The summed E-state index contributed by atoms with van der Waals surface area (Å²) in [5.41, 5.74) is 0.998. The Hall–Kier alpha value is -1.77. The van der Waals surface area contributed by atoms with Crippen LogP contribution in [-0.4, -0.2) is 31.1 Å². The number of pyridine rings is 1. The van der Waals surface area contributed by atoms with Crippen LogP contribution >= 0.6 is 24.0 Å². The lowest BCUT2D eigenvalue weighted by Gasteiger charge is -2.13. The third kappa shape index (κ3) is 6.47. The molecule has 0 spiro atoms. The number of ether oxygens (including phenoxy) is 1. The second kappa shape index (κ2) is 10.9. The van der Waals surface area contributed by atoms with Crippen LogP contribution in [0.15, 0.2) is 46.1 Å². The number of rotatable bonds is 7. The van der Waals surface area contributed by atoms with Crippen LogP contribution < -0.4 is 15.4 Å². The lowest BCUT2D eigenvalue weighted by molar-refractivity contribution is 0.322. The van der Waals surface area contributed by atoms with E-state index >= 15 is 0 Å². The van der Waals surface area contributed by atoms with E-state index in [0.717, 1.165) is 30.2 Å². The summed E-state index contributed by atoms with van der Waals surface area (Å²) in [6, 6.07) is 7.73. The summed E-state index contributed by atoms with van der Waals surface area (Å²) >= 11 is 0. The maximum atomic E-state index is 5.51. The molecular weight excluding hydrogens is 407 g/mol. The van der Waals surface area contributed by atoms with Crippen molar-refractivity contribution in [2.75, 3.05) is 20.2 Å². The molecule has 2 aromatic heterocycles. The molecule has 0 aliphatic rings. The molecule has 0 aliphatic heterocycles. The van der Waals surface area contributed by atoms with Gasteiger partial charge in [0.25, 0.3) is 0 Å². The minimum atomic E-state index is 0. The van der Waals surface area contributed by atoms with Crippen LogP contribution in [0.1, 0.15) is 18.2 Å². The number of aliphatic imine (C=N–C) groups is 1. The molecule has 0 fully saturated rings. The largest absolute Gasteiger partial charge is 0.478 e.